The lowest BCUT2D eigenvalue weighted by atomic mass is 9.97. The molecule has 1 N–H and O–H groups in total. The molecule has 1 rings (SSSR count). The number of carbonyl (C=O) groups is 1. The maximum absolute atomic E-state index is 12.0. The van der Waals surface area contributed by atoms with Gasteiger partial charge in [-0.3, -0.25) is 9.00 Å². The zero-order chi connectivity index (χ0) is 11.5. The van der Waals surface area contributed by atoms with Crippen molar-refractivity contribution in [3.63, 3.8) is 0 Å². The highest BCUT2D eigenvalue weighted by atomic mass is 32.2. The zero-order valence-electron chi connectivity index (χ0n) is 9.49. The first-order chi connectivity index (χ1) is 6.93. The van der Waals surface area contributed by atoms with E-state index in [1.165, 1.54) is 6.42 Å². The van der Waals surface area contributed by atoms with Gasteiger partial charge in [0.15, 0.2) is 0 Å². The lowest BCUT2D eigenvalue weighted by Crippen LogP contribution is -2.34. The molecule has 0 saturated heterocycles. The summed E-state index contributed by atoms with van der Waals surface area (Å²) in [7, 11) is -0.977. The second-order valence-electron chi connectivity index (χ2n) is 4.97. The Bertz CT molecular complexity index is 255. The minimum atomic E-state index is -0.977. The van der Waals surface area contributed by atoms with Gasteiger partial charge < -0.3 is 5.11 Å². The van der Waals surface area contributed by atoms with E-state index in [1.54, 1.807) is 13.8 Å². The van der Waals surface area contributed by atoms with Gasteiger partial charge in [0.05, 0.1) is 5.41 Å². The Morgan fingerprint density at radius 2 is 1.87 bits per heavy atom. The minimum absolute atomic E-state index is 0.234. The van der Waals surface area contributed by atoms with Crippen LogP contribution in [0.15, 0.2) is 0 Å². The molecule has 1 aliphatic carbocycles. The van der Waals surface area contributed by atoms with Crippen LogP contribution < -0.4 is 0 Å². The molecule has 88 valence electrons. The fraction of sp³-hybridized carbons (Fsp3) is 0.909. The van der Waals surface area contributed by atoms with Gasteiger partial charge in [-0.15, -0.1) is 0 Å². The minimum Gasteiger partial charge on any atom is -0.481 e. The second-order valence-corrected chi connectivity index (χ2v) is 6.69. The fourth-order valence-electron chi connectivity index (χ4n) is 1.86. The molecule has 0 radical (unpaired) electrons. The molecule has 1 unspecified atom stereocenters. The van der Waals surface area contributed by atoms with Crippen LogP contribution in [0.25, 0.3) is 0 Å². The smallest absolute Gasteiger partial charge is 0.310 e. The normalized spacial score (nSPS) is 21.2. The number of rotatable bonds is 4. The van der Waals surface area contributed by atoms with Crippen molar-refractivity contribution in [2.45, 2.75) is 51.2 Å². The van der Waals surface area contributed by atoms with Gasteiger partial charge in [0.2, 0.25) is 0 Å². The molecule has 15 heavy (non-hydrogen) atoms. The summed E-state index contributed by atoms with van der Waals surface area (Å²) in [5, 5.41) is 9.19. The second kappa shape index (κ2) is 5.10. The van der Waals surface area contributed by atoms with Crippen molar-refractivity contribution < 1.29 is 14.1 Å². The fourth-order valence-corrected chi connectivity index (χ4v) is 3.79. The predicted molar refractivity (Wildman–Crippen MR) is 61.3 cm³/mol. The highest BCUT2D eigenvalue weighted by molar-refractivity contribution is 7.85. The predicted octanol–water partition coefficient (Wildman–Crippen LogP) is 2.18. The quantitative estimate of drug-likeness (QED) is 0.808. The monoisotopic (exact) mass is 232 g/mol. The third-order valence-corrected chi connectivity index (χ3v) is 5.23. The average Bonchev–Trinajstić information content (AvgIpc) is 2.18. The summed E-state index contributed by atoms with van der Waals surface area (Å²) < 4.78 is 12.0. The molecule has 1 fully saturated rings. The molecule has 0 aliphatic heterocycles. The van der Waals surface area contributed by atoms with E-state index in [1.807, 2.05) is 0 Å². The number of aliphatic carboxylic acids is 1. The Labute approximate surface area is 93.7 Å². The lowest BCUT2D eigenvalue weighted by Gasteiger charge is -2.25. The third kappa shape index (κ3) is 3.59. The topological polar surface area (TPSA) is 54.4 Å². The van der Waals surface area contributed by atoms with Gasteiger partial charge in [0.1, 0.15) is 0 Å². The maximum atomic E-state index is 12.0. The largest absolute Gasteiger partial charge is 0.481 e. The van der Waals surface area contributed by atoms with E-state index in [0.29, 0.717) is 0 Å². The summed E-state index contributed by atoms with van der Waals surface area (Å²) in [5.74, 6) is -0.570. The molecule has 0 spiro atoms. The highest BCUT2D eigenvalue weighted by Crippen LogP contribution is 2.26. The summed E-state index contributed by atoms with van der Waals surface area (Å²) in [6, 6.07) is 0. The van der Waals surface area contributed by atoms with Crippen LogP contribution in [-0.2, 0) is 15.6 Å². The zero-order valence-corrected chi connectivity index (χ0v) is 10.3. The molecule has 1 saturated carbocycles. The summed E-state index contributed by atoms with van der Waals surface area (Å²) in [5.41, 5.74) is -0.859. The molecule has 4 heteroatoms. The summed E-state index contributed by atoms with van der Waals surface area (Å²) in [6.07, 6.45) is 5.52. The van der Waals surface area contributed by atoms with Crippen LogP contribution in [0.5, 0.6) is 0 Å². The highest BCUT2D eigenvalue weighted by Gasteiger charge is 2.32. The van der Waals surface area contributed by atoms with Gasteiger partial charge in [-0.2, -0.15) is 0 Å². The first kappa shape index (κ1) is 12.7. The summed E-state index contributed by atoms with van der Waals surface area (Å²) in [4.78, 5) is 10.9. The number of carboxylic acids is 1. The van der Waals surface area contributed by atoms with Gasteiger partial charge in [0, 0.05) is 21.8 Å². The van der Waals surface area contributed by atoms with Crippen LogP contribution in [0.4, 0.5) is 0 Å². The van der Waals surface area contributed by atoms with Crippen LogP contribution in [0, 0.1) is 5.41 Å². The van der Waals surface area contributed by atoms with Crippen molar-refractivity contribution in [2.24, 2.45) is 5.41 Å². The number of carboxylic acid groups (broad SMARTS) is 1. The molecule has 0 bridgehead atoms. The van der Waals surface area contributed by atoms with Crippen LogP contribution in [0.2, 0.25) is 0 Å². The van der Waals surface area contributed by atoms with E-state index >= 15 is 0 Å². The van der Waals surface area contributed by atoms with Gasteiger partial charge >= 0.3 is 5.97 Å². The van der Waals surface area contributed by atoms with Gasteiger partial charge in [-0.25, -0.2) is 0 Å². The Hall–Kier alpha value is -0.380. The van der Waals surface area contributed by atoms with E-state index in [4.69, 9.17) is 5.11 Å². The number of hydrogen-bond acceptors (Lipinski definition) is 2. The summed E-state index contributed by atoms with van der Waals surface area (Å²) in [6.45, 7) is 3.30. The van der Waals surface area contributed by atoms with Gasteiger partial charge in [-0.05, 0) is 26.7 Å². The van der Waals surface area contributed by atoms with Gasteiger partial charge in [0.25, 0.3) is 0 Å². The van der Waals surface area contributed by atoms with E-state index in [0.717, 1.165) is 25.7 Å². The van der Waals surface area contributed by atoms with E-state index in [-0.39, 0.29) is 11.0 Å². The molecule has 3 nitrogen and oxygen atoms in total. The maximum Gasteiger partial charge on any atom is 0.310 e. The van der Waals surface area contributed by atoms with Gasteiger partial charge in [-0.1, -0.05) is 19.3 Å². The van der Waals surface area contributed by atoms with E-state index in [2.05, 4.69) is 0 Å². The van der Waals surface area contributed by atoms with E-state index < -0.39 is 22.2 Å². The van der Waals surface area contributed by atoms with Crippen LogP contribution in [0.3, 0.4) is 0 Å². The first-order valence-corrected chi connectivity index (χ1v) is 6.92. The Balaban J connectivity index is 2.50. The third-order valence-electron chi connectivity index (χ3n) is 3.01. The molecular weight excluding hydrogens is 212 g/mol. The lowest BCUT2D eigenvalue weighted by molar-refractivity contribution is -0.145. The molecule has 0 amide bonds. The van der Waals surface area contributed by atoms with Crippen molar-refractivity contribution in [3.8, 4) is 0 Å². The number of hydrogen-bond donors (Lipinski definition) is 1. The van der Waals surface area contributed by atoms with Crippen LogP contribution >= 0.6 is 0 Å². The van der Waals surface area contributed by atoms with Crippen molar-refractivity contribution in [2.75, 3.05) is 5.75 Å². The molecule has 0 aromatic heterocycles. The van der Waals surface area contributed by atoms with Crippen molar-refractivity contribution in [3.05, 3.63) is 0 Å². The molecule has 1 aliphatic rings. The van der Waals surface area contributed by atoms with Crippen LogP contribution in [-0.4, -0.2) is 26.3 Å². The van der Waals surface area contributed by atoms with Crippen molar-refractivity contribution in [1.82, 2.24) is 0 Å². The SMILES string of the molecule is CC(C)(CS(=O)C1CCCCC1)C(=O)O. The van der Waals surface area contributed by atoms with Crippen molar-refractivity contribution >= 4 is 16.8 Å². The van der Waals surface area contributed by atoms with Crippen molar-refractivity contribution in [1.29, 1.82) is 0 Å². The average molecular weight is 232 g/mol. The standard InChI is InChI=1S/C11H20O3S/c1-11(2,10(12)13)8-15(14)9-6-4-3-5-7-9/h9H,3-8H2,1-2H3,(H,12,13). The Morgan fingerprint density at radius 3 is 2.33 bits per heavy atom. The molecule has 0 aromatic rings. The molecular formula is C11H20O3S. The first-order valence-electron chi connectivity index (χ1n) is 5.54. The van der Waals surface area contributed by atoms with Crippen LogP contribution in [0.1, 0.15) is 46.0 Å². The Morgan fingerprint density at radius 1 is 1.33 bits per heavy atom. The molecule has 0 aromatic carbocycles. The molecule has 1 atom stereocenters. The molecule has 0 heterocycles. The summed E-state index contributed by atoms with van der Waals surface area (Å²) >= 11 is 0. The Kier molecular flexibility index (Phi) is 4.32. The van der Waals surface area contributed by atoms with E-state index in [9.17, 15) is 9.00 Å².